The van der Waals surface area contributed by atoms with Crippen molar-refractivity contribution in [1.29, 1.82) is 0 Å². The molecule has 1 atom stereocenters. The molecule has 0 saturated carbocycles. The van der Waals surface area contributed by atoms with Crippen molar-refractivity contribution < 1.29 is 4.79 Å². The Bertz CT molecular complexity index is 1190. The van der Waals surface area contributed by atoms with Gasteiger partial charge in [-0.1, -0.05) is 30.3 Å². The lowest BCUT2D eigenvalue weighted by atomic mass is 9.95. The second-order valence-corrected chi connectivity index (χ2v) is 8.28. The Morgan fingerprint density at radius 2 is 2.07 bits per heavy atom. The summed E-state index contributed by atoms with van der Waals surface area (Å²) >= 11 is 1.41. The van der Waals surface area contributed by atoms with Crippen molar-refractivity contribution in [2.45, 2.75) is 18.9 Å². The Morgan fingerprint density at radius 1 is 1.18 bits per heavy atom. The van der Waals surface area contributed by atoms with Crippen LogP contribution in [0, 0.1) is 0 Å². The number of carbonyl (C=O) groups excluding carboxylic acids is 1. The number of nitrogens with two attached hydrogens (primary N) is 1. The van der Waals surface area contributed by atoms with E-state index in [-0.39, 0.29) is 5.91 Å². The van der Waals surface area contributed by atoms with Gasteiger partial charge in [0.25, 0.3) is 5.91 Å². The number of rotatable bonds is 4. The fourth-order valence-electron chi connectivity index (χ4n) is 4.18. The number of amides is 1. The van der Waals surface area contributed by atoms with Gasteiger partial charge in [-0.05, 0) is 36.7 Å². The number of pyridine rings is 2. The summed E-state index contributed by atoms with van der Waals surface area (Å²) in [6.45, 7) is 2.69. The molecule has 1 fully saturated rings. The van der Waals surface area contributed by atoms with E-state index in [0.717, 1.165) is 58.4 Å². The summed E-state index contributed by atoms with van der Waals surface area (Å²) in [7, 11) is 0. The van der Waals surface area contributed by atoms with Crippen LogP contribution >= 0.6 is 11.3 Å². The minimum Gasteiger partial charge on any atom is -0.365 e. The molecular weight excluding hydrogens is 368 g/mol. The summed E-state index contributed by atoms with van der Waals surface area (Å²) in [5.74, 6) is -0.0615. The topological polar surface area (TPSA) is 72.1 Å². The molecule has 1 saturated heterocycles. The zero-order valence-electron chi connectivity index (χ0n) is 15.3. The molecule has 3 aromatic heterocycles. The fourth-order valence-corrected chi connectivity index (χ4v) is 5.26. The van der Waals surface area contributed by atoms with Crippen molar-refractivity contribution in [3.05, 3.63) is 70.9 Å². The predicted octanol–water partition coefficient (Wildman–Crippen LogP) is 3.93. The number of thiophene rings is 1. The largest absolute Gasteiger partial charge is 0.365 e. The van der Waals surface area contributed by atoms with Crippen LogP contribution in [0.2, 0.25) is 0 Å². The number of likely N-dealkylation sites (tertiary alicyclic amines) is 1. The molecule has 6 heteroatoms. The molecule has 0 aliphatic carbocycles. The van der Waals surface area contributed by atoms with Crippen LogP contribution in [0.1, 0.15) is 33.3 Å². The van der Waals surface area contributed by atoms with Crippen molar-refractivity contribution in [1.82, 2.24) is 14.9 Å². The minimum absolute atomic E-state index is 0.293. The van der Waals surface area contributed by atoms with E-state index >= 15 is 0 Å². The zero-order chi connectivity index (χ0) is 19.1. The van der Waals surface area contributed by atoms with Crippen LogP contribution in [-0.2, 0) is 6.54 Å². The van der Waals surface area contributed by atoms with E-state index in [4.69, 9.17) is 10.7 Å². The first-order valence-corrected chi connectivity index (χ1v) is 10.2. The van der Waals surface area contributed by atoms with Gasteiger partial charge in [0.05, 0.1) is 16.1 Å². The average molecular weight is 388 g/mol. The van der Waals surface area contributed by atoms with Crippen molar-refractivity contribution in [3.63, 3.8) is 0 Å². The molecule has 0 unspecified atom stereocenters. The first-order chi connectivity index (χ1) is 13.7. The van der Waals surface area contributed by atoms with Crippen molar-refractivity contribution in [3.8, 4) is 0 Å². The van der Waals surface area contributed by atoms with Gasteiger partial charge in [0.2, 0.25) is 0 Å². The SMILES string of the molecule is NC(=O)c1sc2ncccc2c1[C@H]1CCN(Cc2ccc3ccccc3n2)C1. The third-order valence-electron chi connectivity index (χ3n) is 5.45. The van der Waals surface area contributed by atoms with Crippen LogP contribution < -0.4 is 5.73 Å². The predicted molar refractivity (Wildman–Crippen MR) is 113 cm³/mol. The molecule has 0 spiro atoms. The Kier molecular flexibility index (Phi) is 4.30. The van der Waals surface area contributed by atoms with Gasteiger partial charge in [-0.15, -0.1) is 11.3 Å². The maximum atomic E-state index is 12.0. The van der Waals surface area contributed by atoms with Crippen LogP contribution in [0.4, 0.5) is 0 Å². The van der Waals surface area contributed by atoms with Gasteiger partial charge in [0.15, 0.2) is 0 Å². The van der Waals surface area contributed by atoms with E-state index < -0.39 is 0 Å². The van der Waals surface area contributed by atoms with Gasteiger partial charge < -0.3 is 5.73 Å². The maximum absolute atomic E-state index is 12.0. The second-order valence-electron chi connectivity index (χ2n) is 7.28. The highest BCUT2D eigenvalue weighted by Crippen LogP contribution is 2.39. The van der Waals surface area contributed by atoms with E-state index in [1.807, 2.05) is 24.3 Å². The van der Waals surface area contributed by atoms with Crippen LogP contribution in [0.5, 0.6) is 0 Å². The molecule has 0 radical (unpaired) electrons. The molecule has 2 N–H and O–H groups in total. The first kappa shape index (κ1) is 17.3. The number of nitrogens with zero attached hydrogens (tertiary/aromatic N) is 3. The zero-order valence-corrected chi connectivity index (χ0v) is 16.2. The number of fused-ring (bicyclic) bond motifs is 2. The molecule has 140 valence electrons. The quantitative estimate of drug-likeness (QED) is 0.575. The molecule has 5 nitrogen and oxygen atoms in total. The molecule has 4 aromatic rings. The van der Waals surface area contributed by atoms with Gasteiger partial charge in [-0.25, -0.2) is 4.98 Å². The third kappa shape index (κ3) is 3.04. The van der Waals surface area contributed by atoms with E-state index in [2.05, 4.69) is 34.1 Å². The van der Waals surface area contributed by atoms with Gasteiger partial charge >= 0.3 is 0 Å². The summed E-state index contributed by atoms with van der Waals surface area (Å²) < 4.78 is 0. The lowest BCUT2D eigenvalue weighted by molar-refractivity contribution is 0.100. The molecule has 1 amide bonds. The number of benzene rings is 1. The number of hydrogen-bond acceptors (Lipinski definition) is 5. The monoisotopic (exact) mass is 388 g/mol. The number of primary amides is 1. The highest BCUT2D eigenvalue weighted by Gasteiger charge is 2.30. The summed E-state index contributed by atoms with van der Waals surface area (Å²) in [5, 5.41) is 2.23. The molecule has 5 rings (SSSR count). The maximum Gasteiger partial charge on any atom is 0.259 e. The van der Waals surface area contributed by atoms with Gasteiger partial charge in [0, 0.05) is 36.0 Å². The van der Waals surface area contributed by atoms with Gasteiger partial charge in [-0.3, -0.25) is 14.7 Å². The van der Waals surface area contributed by atoms with E-state index in [1.54, 1.807) is 6.20 Å². The fraction of sp³-hybridized carbons (Fsp3) is 0.227. The standard InChI is InChI=1S/C22H20N4OS/c23-21(27)20-19(17-5-3-10-24-22(17)28-20)15-9-11-26(12-15)13-16-8-7-14-4-1-2-6-18(14)25-16/h1-8,10,15H,9,11-13H2,(H2,23,27)/t15-/m0/s1. The van der Waals surface area contributed by atoms with Gasteiger partial charge in [0.1, 0.15) is 4.83 Å². The minimum atomic E-state index is -0.354. The highest BCUT2D eigenvalue weighted by molar-refractivity contribution is 7.20. The van der Waals surface area contributed by atoms with E-state index in [1.165, 1.54) is 11.3 Å². The summed E-state index contributed by atoms with van der Waals surface area (Å²) in [6.07, 6.45) is 2.77. The lowest BCUT2D eigenvalue weighted by Gasteiger charge is -2.16. The molecule has 4 heterocycles. The highest BCUT2D eigenvalue weighted by atomic mass is 32.1. The van der Waals surface area contributed by atoms with Crippen molar-refractivity contribution in [2.24, 2.45) is 5.73 Å². The molecule has 1 aliphatic rings. The summed E-state index contributed by atoms with van der Waals surface area (Å²) in [4.78, 5) is 25.2. The van der Waals surface area contributed by atoms with Crippen LogP contribution in [0.3, 0.4) is 0 Å². The molecule has 28 heavy (non-hydrogen) atoms. The number of aromatic nitrogens is 2. The Hall–Kier alpha value is -2.83. The van der Waals surface area contributed by atoms with Crippen LogP contribution in [0.25, 0.3) is 21.1 Å². The van der Waals surface area contributed by atoms with Gasteiger partial charge in [-0.2, -0.15) is 0 Å². The summed E-state index contributed by atoms with van der Waals surface area (Å²) in [6, 6.07) is 16.4. The Balaban J connectivity index is 1.40. The molecule has 0 bridgehead atoms. The van der Waals surface area contributed by atoms with Crippen LogP contribution in [0.15, 0.2) is 54.7 Å². The number of carbonyl (C=O) groups is 1. The average Bonchev–Trinajstić information content (AvgIpc) is 3.32. The first-order valence-electron chi connectivity index (χ1n) is 9.43. The number of para-hydroxylation sites is 1. The Morgan fingerprint density at radius 3 is 2.96 bits per heavy atom. The number of hydrogen-bond donors (Lipinski definition) is 1. The third-order valence-corrected chi connectivity index (χ3v) is 6.59. The normalized spacial score (nSPS) is 17.5. The van der Waals surface area contributed by atoms with E-state index in [0.29, 0.717) is 10.8 Å². The second kappa shape index (κ2) is 6.96. The molecule has 1 aliphatic heterocycles. The van der Waals surface area contributed by atoms with E-state index in [9.17, 15) is 4.79 Å². The van der Waals surface area contributed by atoms with Crippen molar-refractivity contribution >= 4 is 38.4 Å². The van der Waals surface area contributed by atoms with Crippen LogP contribution in [-0.4, -0.2) is 33.9 Å². The van der Waals surface area contributed by atoms with Crippen molar-refractivity contribution in [2.75, 3.05) is 13.1 Å². The molecule has 1 aromatic carbocycles. The Labute approximate surface area is 166 Å². The molecular formula is C22H20N4OS. The smallest absolute Gasteiger partial charge is 0.259 e. The summed E-state index contributed by atoms with van der Waals surface area (Å²) in [5.41, 5.74) is 8.86. The lowest BCUT2D eigenvalue weighted by Crippen LogP contribution is -2.21.